The van der Waals surface area contributed by atoms with Crippen molar-refractivity contribution in [1.82, 2.24) is 0 Å². The Kier molecular flexibility index (Phi) is 5.18. The van der Waals surface area contributed by atoms with Gasteiger partial charge in [-0.15, -0.1) is 0 Å². The van der Waals surface area contributed by atoms with Gasteiger partial charge in [-0.2, -0.15) is 5.10 Å². The fourth-order valence-electron chi connectivity index (χ4n) is 1.02. The molecule has 0 heterocycles. The zero-order valence-corrected chi connectivity index (χ0v) is 10.3. The van der Waals surface area contributed by atoms with Gasteiger partial charge in [0.15, 0.2) is 0 Å². The maximum Gasteiger partial charge on any atom is 0.372 e. The molecule has 0 aliphatic carbocycles. The summed E-state index contributed by atoms with van der Waals surface area (Å²) in [5, 5.41) is 3.93. The van der Waals surface area contributed by atoms with Crippen LogP contribution in [0.4, 0.5) is 10.1 Å². The van der Waals surface area contributed by atoms with Crippen LogP contribution in [-0.2, 0) is 9.08 Å². The Labute approximate surface area is 108 Å². The Morgan fingerprint density at radius 3 is 2.82 bits per heavy atom. The van der Waals surface area contributed by atoms with Gasteiger partial charge in [-0.1, -0.05) is 18.5 Å². The molecular formula is C10H9Cl2FN2O2. The maximum atomic E-state index is 12.8. The van der Waals surface area contributed by atoms with Crippen LogP contribution in [0.1, 0.15) is 13.3 Å². The Hall–Kier alpha value is -1.33. The number of carbonyl (C=O) groups excluding carboxylic acids is 1. The molecule has 1 rings (SSSR count). The third-order valence-electron chi connectivity index (χ3n) is 1.88. The number of anilines is 1. The van der Waals surface area contributed by atoms with E-state index in [1.807, 2.05) is 0 Å². The van der Waals surface area contributed by atoms with E-state index >= 15 is 0 Å². The monoisotopic (exact) mass is 278 g/mol. The fraction of sp³-hybridized carbons (Fsp3) is 0.200. The molecule has 0 bridgehead atoms. The van der Waals surface area contributed by atoms with Crippen LogP contribution in [0.5, 0.6) is 0 Å². The second-order valence-electron chi connectivity index (χ2n) is 3.01. The molecular weight excluding hydrogens is 270 g/mol. The normalized spacial score (nSPS) is 11.2. The first-order valence-electron chi connectivity index (χ1n) is 4.69. The van der Waals surface area contributed by atoms with E-state index in [1.54, 1.807) is 6.92 Å². The molecule has 0 amide bonds. The molecule has 0 radical (unpaired) electrons. The van der Waals surface area contributed by atoms with Crippen LogP contribution in [0.3, 0.4) is 0 Å². The molecule has 1 aromatic carbocycles. The third-order valence-corrected chi connectivity index (χ3v) is 2.34. The van der Waals surface area contributed by atoms with Crippen molar-refractivity contribution in [1.29, 1.82) is 0 Å². The van der Waals surface area contributed by atoms with Crippen molar-refractivity contribution < 1.29 is 13.5 Å². The van der Waals surface area contributed by atoms with Gasteiger partial charge in [0.2, 0.25) is 0 Å². The lowest BCUT2D eigenvalue weighted by Crippen LogP contribution is -2.14. The average molecular weight is 279 g/mol. The van der Waals surface area contributed by atoms with E-state index in [0.717, 1.165) is 6.07 Å². The van der Waals surface area contributed by atoms with E-state index in [1.165, 1.54) is 12.1 Å². The van der Waals surface area contributed by atoms with E-state index < -0.39 is 11.8 Å². The van der Waals surface area contributed by atoms with Gasteiger partial charge >= 0.3 is 5.97 Å². The quantitative estimate of drug-likeness (QED) is 0.679. The SMILES string of the molecule is CC/C(=N\Nc1ccc(F)cc1Cl)C(=O)OCl. The van der Waals surface area contributed by atoms with Crippen LogP contribution in [-0.4, -0.2) is 11.7 Å². The Balaban J connectivity index is 2.84. The first-order chi connectivity index (χ1) is 8.08. The Bertz CT molecular complexity index is 452. The molecule has 4 nitrogen and oxygen atoms in total. The predicted molar refractivity (Wildman–Crippen MR) is 64.7 cm³/mol. The number of rotatable bonds is 4. The smallest absolute Gasteiger partial charge is 0.342 e. The maximum absolute atomic E-state index is 12.8. The number of carbonyl (C=O) groups is 1. The number of hydrazone groups is 1. The molecule has 0 aromatic heterocycles. The number of benzene rings is 1. The molecule has 17 heavy (non-hydrogen) atoms. The number of hydrogen-bond acceptors (Lipinski definition) is 4. The van der Waals surface area contributed by atoms with Crippen LogP contribution < -0.4 is 5.43 Å². The number of nitrogens with zero attached hydrogens (tertiary/aromatic N) is 1. The summed E-state index contributed by atoms with van der Waals surface area (Å²) in [7, 11) is 0. The lowest BCUT2D eigenvalue weighted by Gasteiger charge is -2.04. The van der Waals surface area contributed by atoms with Gasteiger partial charge in [0.05, 0.1) is 10.7 Å². The third kappa shape index (κ3) is 3.87. The molecule has 0 aliphatic heterocycles. The highest BCUT2D eigenvalue weighted by Gasteiger charge is 2.10. The van der Waals surface area contributed by atoms with Crippen molar-refractivity contribution in [2.45, 2.75) is 13.3 Å². The molecule has 0 fully saturated rings. The van der Waals surface area contributed by atoms with Crippen LogP contribution in [0.15, 0.2) is 23.3 Å². The highest BCUT2D eigenvalue weighted by atomic mass is 35.5. The fourth-order valence-corrected chi connectivity index (χ4v) is 1.32. The molecule has 1 N–H and O–H groups in total. The molecule has 92 valence electrons. The summed E-state index contributed by atoms with van der Waals surface area (Å²) >= 11 is 10.7. The van der Waals surface area contributed by atoms with Crippen molar-refractivity contribution >= 4 is 40.8 Å². The van der Waals surface area contributed by atoms with Crippen molar-refractivity contribution in [3.05, 3.63) is 29.0 Å². The zero-order chi connectivity index (χ0) is 12.8. The van der Waals surface area contributed by atoms with Gasteiger partial charge in [-0.05, 0) is 24.6 Å². The first kappa shape index (κ1) is 13.7. The van der Waals surface area contributed by atoms with E-state index in [2.05, 4.69) is 14.8 Å². The second-order valence-corrected chi connectivity index (χ2v) is 3.57. The lowest BCUT2D eigenvalue weighted by molar-refractivity contribution is -0.126. The summed E-state index contributed by atoms with van der Waals surface area (Å²) in [6.45, 7) is 1.71. The predicted octanol–water partition coefficient (Wildman–Crippen LogP) is 3.35. The van der Waals surface area contributed by atoms with Crippen molar-refractivity contribution in [3.8, 4) is 0 Å². The van der Waals surface area contributed by atoms with E-state index in [4.69, 9.17) is 23.5 Å². The summed E-state index contributed by atoms with van der Waals surface area (Å²) in [5.41, 5.74) is 3.01. The van der Waals surface area contributed by atoms with Gasteiger partial charge in [0.1, 0.15) is 23.4 Å². The zero-order valence-electron chi connectivity index (χ0n) is 8.84. The minimum atomic E-state index is -0.750. The average Bonchev–Trinajstić information content (AvgIpc) is 2.31. The van der Waals surface area contributed by atoms with Crippen LogP contribution in [0, 0.1) is 5.82 Å². The molecule has 0 spiro atoms. The van der Waals surface area contributed by atoms with Crippen LogP contribution in [0.2, 0.25) is 5.02 Å². The van der Waals surface area contributed by atoms with Crippen molar-refractivity contribution in [3.63, 3.8) is 0 Å². The molecule has 0 saturated heterocycles. The molecule has 0 unspecified atom stereocenters. The van der Waals surface area contributed by atoms with Gasteiger partial charge < -0.3 is 4.29 Å². The van der Waals surface area contributed by atoms with Gasteiger partial charge in [-0.25, -0.2) is 9.18 Å². The van der Waals surface area contributed by atoms with Crippen molar-refractivity contribution in [2.24, 2.45) is 5.10 Å². The summed E-state index contributed by atoms with van der Waals surface area (Å²) in [6, 6.07) is 3.75. The van der Waals surface area contributed by atoms with E-state index in [9.17, 15) is 9.18 Å². The Morgan fingerprint density at radius 2 is 2.29 bits per heavy atom. The van der Waals surface area contributed by atoms with Gasteiger partial charge in [0, 0.05) is 0 Å². The Morgan fingerprint density at radius 1 is 1.59 bits per heavy atom. The summed E-state index contributed by atoms with van der Waals surface area (Å²) in [6.07, 6.45) is 0.331. The van der Waals surface area contributed by atoms with Gasteiger partial charge in [-0.3, -0.25) is 5.43 Å². The summed E-state index contributed by atoms with van der Waals surface area (Å²) in [5.74, 6) is -1.21. The second kappa shape index (κ2) is 6.42. The summed E-state index contributed by atoms with van der Waals surface area (Å²) in [4.78, 5) is 11.1. The topological polar surface area (TPSA) is 50.7 Å². The number of hydrogen-bond donors (Lipinski definition) is 1. The standard InChI is InChI=1S/C10H9Cl2FN2O2/c1-2-8(10(16)17-12)14-15-9-4-3-6(13)5-7(9)11/h3-5,15H,2H2,1H3/b14-8+. The minimum absolute atomic E-state index is 0.0976. The van der Waals surface area contributed by atoms with E-state index in [0.29, 0.717) is 12.1 Å². The molecule has 0 atom stereocenters. The highest BCUT2D eigenvalue weighted by molar-refractivity contribution is 6.40. The minimum Gasteiger partial charge on any atom is -0.342 e. The molecule has 7 heteroatoms. The largest absolute Gasteiger partial charge is 0.372 e. The van der Waals surface area contributed by atoms with Gasteiger partial charge in [0.25, 0.3) is 0 Å². The highest BCUT2D eigenvalue weighted by Crippen LogP contribution is 2.22. The first-order valence-corrected chi connectivity index (χ1v) is 5.37. The lowest BCUT2D eigenvalue weighted by atomic mass is 10.3. The summed E-state index contributed by atoms with van der Waals surface area (Å²) < 4.78 is 16.8. The molecule has 0 saturated carbocycles. The van der Waals surface area contributed by atoms with Crippen molar-refractivity contribution in [2.75, 3.05) is 5.43 Å². The van der Waals surface area contributed by atoms with Crippen LogP contribution in [0.25, 0.3) is 0 Å². The molecule has 1 aromatic rings. The number of halogens is 3. The number of nitrogens with one attached hydrogen (secondary N) is 1. The molecule has 0 aliphatic rings. The van der Waals surface area contributed by atoms with Crippen LogP contribution >= 0.6 is 23.5 Å². The van der Waals surface area contributed by atoms with E-state index in [-0.39, 0.29) is 10.7 Å².